The Morgan fingerprint density at radius 1 is 1.39 bits per heavy atom. The monoisotopic (exact) mass is 320 g/mol. The highest BCUT2D eigenvalue weighted by molar-refractivity contribution is 5.81. The van der Waals surface area contributed by atoms with Crippen molar-refractivity contribution < 1.29 is 14.3 Å². The molecule has 0 aromatic heterocycles. The zero-order chi connectivity index (χ0) is 16.7. The Balaban J connectivity index is 2.06. The molecule has 5 heteroatoms. The highest BCUT2D eigenvalue weighted by Crippen LogP contribution is 2.34. The smallest absolute Gasteiger partial charge is 0.237 e. The van der Waals surface area contributed by atoms with E-state index < -0.39 is 6.04 Å². The summed E-state index contributed by atoms with van der Waals surface area (Å²) in [6.07, 6.45) is 6.38. The van der Waals surface area contributed by atoms with E-state index in [-0.39, 0.29) is 12.0 Å². The van der Waals surface area contributed by atoms with Crippen molar-refractivity contribution in [3.8, 4) is 11.5 Å². The van der Waals surface area contributed by atoms with Gasteiger partial charge in [-0.3, -0.25) is 4.79 Å². The minimum atomic E-state index is -0.454. The van der Waals surface area contributed by atoms with Gasteiger partial charge in [-0.15, -0.1) is 0 Å². The molecular formula is C18H28N2O3. The van der Waals surface area contributed by atoms with Crippen molar-refractivity contribution in [3.63, 3.8) is 0 Å². The summed E-state index contributed by atoms with van der Waals surface area (Å²) in [6, 6.07) is 5.30. The molecular weight excluding hydrogens is 292 g/mol. The van der Waals surface area contributed by atoms with Crippen molar-refractivity contribution >= 4 is 5.91 Å². The number of nitrogens with two attached hydrogens (primary N) is 1. The van der Waals surface area contributed by atoms with Crippen LogP contribution in [-0.2, 0) is 11.3 Å². The fraction of sp³-hybridized carbons (Fsp3) is 0.611. The molecule has 0 saturated heterocycles. The SMILES string of the molecule is CCCC(N)C(=O)NCc1cccc(OC)c1OC1CCCC1. The topological polar surface area (TPSA) is 73.6 Å². The third-order valence-corrected chi connectivity index (χ3v) is 4.26. The fourth-order valence-electron chi connectivity index (χ4n) is 2.92. The highest BCUT2D eigenvalue weighted by atomic mass is 16.5. The molecule has 23 heavy (non-hydrogen) atoms. The van der Waals surface area contributed by atoms with Crippen LogP contribution in [0, 0.1) is 0 Å². The molecule has 128 valence electrons. The van der Waals surface area contributed by atoms with E-state index in [1.807, 2.05) is 25.1 Å². The average molecular weight is 320 g/mol. The molecule has 0 bridgehead atoms. The van der Waals surface area contributed by atoms with Crippen molar-refractivity contribution in [2.24, 2.45) is 5.73 Å². The van der Waals surface area contributed by atoms with Gasteiger partial charge < -0.3 is 20.5 Å². The Hall–Kier alpha value is -1.75. The second kappa shape index (κ2) is 8.77. The molecule has 1 amide bonds. The Labute approximate surface area is 138 Å². The fourth-order valence-corrected chi connectivity index (χ4v) is 2.92. The number of carbonyl (C=O) groups is 1. The molecule has 1 fully saturated rings. The maximum atomic E-state index is 12.0. The summed E-state index contributed by atoms with van der Waals surface area (Å²) in [5.74, 6) is 1.33. The number of carbonyl (C=O) groups excluding carboxylic acids is 1. The lowest BCUT2D eigenvalue weighted by molar-refractivity contribution is -0.122. The van der Waals surface area contributed by atoms with Crippen LogP contribution in [0.4, 0.5) is 0 Å². The quantitative estimate of drug-likeness (QED) is 0.772. The van der Waals surface area contributed by atoms with Crippen molar-refractivity contribution in [1.29, 1.82) is 0 Å². The van der Waals surface area contributed by atoms with Crippen LogP contribution in [0.3, 0.4) is 0 Å². The summed E-state index contributed by atoms with van der Waals surface area (Å²) >= 11 is 0. The Morgan fingerprint density at radius 2 is 2.13 bits per heavy atom. The van der Waals surface area contributed by atoms with Crippen LogP contribution in [0.1, 0.15) is 51.0 Å². The van der Waals surface area contributed by atoms with E-state index in [1.54, 1.807) is 7.11 Å². The third kappa shape index (κ3) is 4.86. The van der Waals surface area contributed by atoms with Gasteiger partial charge in [0.1, 0.15) is 0 Å². The summed E-state index contributed by atoms with van der Waals surface area (Å²) in [5.41, 5.74) is 6.77. The molecule has 5 nitrogen and oxygen atoms in total. The first kappa shape index (κ1) is 17.6. The average Bonchev–Trinajstić information content (AvgIpc) is 3.06. The van der Waals surface area contributed by atoms with E-state index in [0.29, 0.717) is 18.7 Å². The molecule has 1 unspecified atom stereocenters. The Bertz CT molecular complexity index is 513. The van der Waals surface area contributed by atoms with E-state index in [0.717, 1.165) is 30.6 Å². The van der Waals surface area contributed by atoms with Gasteiger partial charge in [-0.05, 0) is 38.2 Å². The van der Waals surface area contributed by atoms with Gasteiger partial charge in [0.2, 0.25) is 5.91 Å². The van der Waals surface area contributed by atoms with Crippen molar-refractivity contribution in [2.75, 3.05) is 7.11 Å². The van der Waals surface area contributed by atoms with Gasteiger partial charge in [-0.2, -0.15) is 0 Å². The minimum Gasteiger partial charge on any atom is -0.493 e. The second-order valence-corrected chi connectivity index (χ2v) is 6.09. The predicted octanol–water partition coefficient (Wildman–Crippen LogP) is 2.76. The molecule has 1 saturated carbocycles. The Morgan fingerprint density at radius 3 is 2.78 bits per heavy atom. The summed E-state index contributed by atoms with van der Waals surface area (Å²) < 4.78 is 11.6. The summed E-state index contributed by atoms with van der Waals surface area (Å²) in [4.78, 5) is 12.0. The standard InChI is InChI=1S/C18H28N2O3/c1-3-7-15(19)18(21)20-12-13-8-6-11-16(22-2)17(13)23-14-9-4-5-10-14/h6,8,11,14-15H,3-5,7,9-10,12,19H2,1-2H3,(H,20,21). The zero-order valence-electron chi connectivity index (χ0n) is 14.1. The van der Waals surface area contributed by atoms with E-state index in [1.165, 1.54) is 12.8 Å². The number of benzene rings is 1. The maximum Gasteiger partial charge on any atom is 0.237 e. The van der Waals surface area contributed by atoms with Crippen LogP contribution in [0.2, 0.25) is 0 Å². The van der Waals surface area contributed by atoms with Gasteiger partial charge in [0.25, 0.3) is 0 Å². The molecule has 0 heterocycles. The molecule has 1 atom stereocenters. The van der Waals surface area contributed by atoms with E-state index in [9.17, 15) is 4.79 Å². The lowest BCUT2D eigenvalue weighted by Crippen LogP contribution is -2.40. The number of amides is 1. The van der Waals surface area contributed by atoms with Crippen LogP contribution < -0.4 is 20.5 Å². The molecule has 1 aliphatic carbocycles. The van der Waals surface area contributed by atoms with Crippen LogP contribution in [0.25, 0.3) is 0 Å². The first-order chi connectivity index (χ1) is 11.2. The van der Waals surface area contributed by atoms with Crippen LogP contribution >= 0.6 is 0 Å². The number of hydrogen-bond donors (Lipinski definition) is 2. The number of nitrogens with one attached hydrogen (secondary N) is 1. The lowest BCUT2D eigenvalue weighted by atomic mass is 10.1. The molecule has 3 N–H and O–H groups in total. The predicted molar refractivity (Wildman–Crippen MR) is 90.6 cm³/mol. The summed E-state index contributed by atoms with van der Waals surface area (Å²) in [7, 11) is 1.64. The number of rotatable bonds is 8. The lowest BCUT2D eigenvalue weighted by Gasteiger charge is -2.20. The van der Waals surface area contributed by atoms with E-state index >= 15 is 0 Å². The van der Waals surface area contributed by atoms with Crippen molar-refractivity contribution in [3.05, 3.63) is 23.8 Å². The van der Waals surface area contributed by atoms with Crippen LogP contribution in [0.5, 0.6) is 11.5 Å². The molecule has 0 aliphatic heterocycles. The summed E-state index contributed by atoms with van der Waals surface area (Å²) in [6.45, 7) is 2.41. The molecule has 0 spiro atoms. The summed E-state index contributed by atoms with van der Waals surface area (Å²) in [5, 5.41) is 2.90. The van der Waals surface area contributed by atoms with E-state index in [4.69, 9.17) is 15.2 Å². The normalized spacial score (nSPS) is 16.1. The number of para-hydroxylation sites is 1. The van der Waals surface area contributed by atoms with Crippen molar-refractivity contribution in [2.45, 2.75) is 64.1 Å². The molecule has 1 aliphatic rings. The molecule has 1 aromatic rings. The van der Waals surface area contributed by atoms with Crippen LogP contribution in [0.15, 0.2) is 18.2 Å². The van der Waals surface area contributed by atoms with Gasteiger partial charge in [-0.25, -0.2) is 0 Å². The maximum absolute atomic E-state index is 12.0. The molecule has 1 aromatic carbocycles. The first-order valence-electron chi connectivity index (χ1n) is 8.51. The zero-order valence-corrected chi connectivity index (χ0v) is 14.1. The van der Waals surface area contributed by atoms with Gasteiger partial charge in [0, 0.05) is 12.1 Å². The first-order valence-corrected chi connectivity index (χ1v) is 8.51. The largest absolute Gasteiger partial charge is 0.493 e. The number of ether oxygens (including phenoxy) is 2. The van der Waals surface area contributed by atoms with Gasteiger partial charge in [-0.1, -0.05) is 25.5 Å². The highest BCUT2D eigenvalue weighted by Gasteiger charge is 2.21. The van der Waals surface area contributed by atoms with Gasteiger partial charge >= 0.3 is 0 Å². The number of hydrogen-bond acceptors (Lipinski definition) is 4. The van der Waals surface area contributed by atoms with Crippen molar-refractivity contribution in [1.82, 2.24) is 5.32 Å². The van der Waals surface area contributed by atoms with Gasteiger partial charge in [0.05, 0.1) is 19.3 Å². The second-order valence-electron chi connectivity index (χ2n) is 6.09. The van der Waals surface area contributed by atoms with E-state index in [2.05, 4.69) is 5.32 Å². The minimum absolute atomic E-state index is 0.124. The third-order valence-electron chi connectivity index (χ3n) is 4.26. The molecule has 2 rings (SSSR count). The van der Waals surface area contributed by atoms with Gasteiger partial charge in [0.15, 0.2) is 11.5 Å². The Kier molecular flexibility index (Phi) is 6.71. The van der Waals surface area contributed by atoms with Crippen LogP contribution in [-0.4, -0.2) is 25.2 Å². The molecule has 0 radical (unpaired) electrons. The number of methoxy groups -OCH3 is 1.